The molecular weight excluding hydrogens is 510 g/mol. The third kappa shape index (κ3) is 4.52. The molecule has 0 aliphatic carbocycles. The quantitative estimate of drug-likeness (QED) is 0.372. The molecule has 1 fully saturated rings. The lowest BCUT2D eigenvalue weighted by Gasteiger charge is -2.22. The highest BCUT2D eigenvalue weighted by molar-refractivity contribution is 8.26. The smallest absolute Gasteiger partial charge is 0.323 e. The van der Waals surface area contributed by atoms with Gasteiger partial charge in [-0.1, -0.05) is 90.6 Å². The molecule has 37 heavy (non-hydrogen) atoms. The Morgan fingerprint density at radius 2 is 1.43 bits per heavy atom. The van der Waals surface area contributed by atoms with Crippen LogP contribution in [0.2, 0.25) is 0 Å². The van der Waals surface area contributed by atoms with Crippen molar-refractivity contribution in [2.24, 2.45) is 0 Å². The van der Waals surface area contributed by atoms with Gasteiger partial charge in [-0.25, -0.2) is 0 Å². The number of rotatable bonds is 6. The molecule has 0 saturated carbocycles. The molecule has 0 bridgehead atoms. The standard InChI is InChI=1S/C27H19N3O5S2/c31-20(32)15-29-19-14-8-7-13-18(19)22(25(29)34)23-26(35)30(27(36)37-23)28-24(33)21(16-9-3-1-4-10-16)17-11-5-2-6-12-17/h1-14,21H,15H2,(H,28,33)(H,31,32). The number of carboxylic acids is 1. The Morgan fingerprint density at radius 3 is 2.03 bits per heavy atom. The molecule has 3 aromatic carbocycles. The fraction of sp³-hybridized carbons (Fsp3) is 0.0741. The summed E-state index contributed by atoms with van der Waals surface area (Å²) in [7, 11) is 0. The Kier molecular flexibility index (Phi) is 6.60. The van der Waals surface area contributed by atoms with E-state index in [1.165, 1.54) is 0 Å². The predicted molar refractivity (Wildman–Crippen MR) is 143 cm³/mol. The van der Waals surface area contributed by atoms with E-state index in [1.807, 2.05) is 60.7 Å². The summed E-state index contributed by atoms with van der Waals surface area (Å²) >= 11 is 6.30. The van der Waals surface area contributed by atoms with Crippen molar-refractivity contribution >= 4 is 63.3 Å². The summed E-state index contributed by atoms with van der Waals surface area (Å²) in [4.78, 5) is 52.7. The van der Waals surface area contributed by atoms with Crippen LogP contribution in [0.1, 0.15) is 22.6 Å². The van der Waals surface area contributed by atoms with Gasteiger partial charge in [0.05, 0.1) is 22.1 Å². The molecule has 184 valence electrons. The second-order valence-electron chi connectivity index (χ2n) is 8.25. The minimum Gasteiger partial charge on any atom is -0.480 e. The summed E-state index contributed by atoms with van der Waals surface area (Å²) in [6.45, 7) is -0.549. The lowest BCUT2D eigenvalue weighted by Crippen LogP contribution is -2.47. The molecule has 8 nitrogen and oxygen atoms in total. The minimum absolute atomic E-state index is 0.0339. The highest BCUT2D eigenvalue weighted by Crippen LogP contribution is 2.44. The lowest BCUT2D eigenvalue weighted by atomic mass is 9.91. The van der Waals surface area contributed by atoms with Crippen molar-refractivity contribution in [3.8, 4) is 0 Å². The second-order valence-corrected chi connectivity index (χ2v) is 9.89. The number of carbonyl (C=O) groups is 4. The van der Waals surface area contributed by atoms with Crippen molar-refractivity contribution in [3.63, 3.8) is 0 Å². The maximum Gasteiger partial charge on any atom is 0.323 e. The van der Waals surface area contributed by atoms with Crippen molar-refractivity contribution in [2.75, 3.05) is 11.4 Å². The molecule has 2 N–H and O–H groups in total. The molecule has 2 heterocycles. The Hall–Kier alpha value is -4.28. The van der Waals surface area contributed by atoms with Gasteiger partial charge in [0.25, 0.3) is 17.7 Å². The zero-order valence-corrected chi connectivity index (χ0v) is 20.8. The normalized spacial score (nSPS) is 16.9. The molecule has 0 radical (unpaired) electrons. The van der Waals surface area contributed by atoms with Crippen LogP contribution in [0.5, 0.6) is 0 Å². The molecule has 0 unspecified atom stereocenters. The summed E-state index contributed by atoms with van der Waals surface area (Å²) in [6.07, 6.45) is 0. The van der Waals surface area contributed by atoms with Gasteiger partial charge in [0, 0.05) is 5.56 Å². The van der Waals surface area contributed by atoms with Gasteiger partial charge in [-0.3, -0.25) is 29.5 Å². The molecule has 2 aliphatic heterocycles. The summed E-state index contributed by atoms with van der Waals surface area (Å²) in [5.74, 6) is -3.62. The van der Waals surface area contributed by atoms with Crippen LogP contribution < -0.4 is 10.3 Å². The number of amides is 3. The van der Waals surface area contributed by atoms with E-state index in [9.17, 15) is 24.3 Å². The van der Waals surface area contributed by atoms with Crippen molar-refractivity contribution in [3.05, 3.63) is 107 Å². The SMILES string of the molecule is O=C(O)CN1C(=O)C(=C2SC(=S)N(NC(=O)C(c3ccccc3)c3ccccc3)C2=O)c2ccccc21. The summed E-state index contributed by atoms with van der Waals surface area (Å²) in [5.41, 5.74) is 5.01. The Morgan fingerprint density at radius 1 is 0.865 bits per heavy atom. The maximum absolute atomic E-state index is 13.5. The van der Waals surface area contributed by atoms with E-state index >= 15 is 0 Å². The average molecular weight is 530 g/mol. The van der Waals surface area contributed by atoms with Crippen LogP contribution >= 0.6 is 24.0 Å². The highest BCUT2D eigenvalue weighted by atomic mass is 32.2. The largest absolute Gasteiger partial charge is 0.480 e. The van der Waals surface area contributed by atoms with Crippen molar-refractivity contribution in [1.29, 1.82) is 0 Å². The number of anilines is 1. The zero-order valence-electron chi connectivity index (χ0n) is 19.2. The fourth-order valence-corrected chi connectivity index (χ4v) is 5.62. The topological polar surface area (TPSA) is 107 Å². The van der Waals surface area contributed by atoms with Gasteiger partial charge < -0.3 is 5.11 Å². The number of benzene rings is 3. The van der Waals surface area contributed by atoms with Gasteiger partial charge in [-0.05, 0) is 29.4 Å². The number of thioether (sulfide) groups is 1. The van der Waals surface area contributed by atoms with E-state index in [-0.39, 0.29) is 14.8 Å². The van der Waals surface area contributed by atoms with E-state index < -0.39 is 36.2 Å². The Balaban J connectivity index is 1.48. The number of para-hydroxylation sites is 1. The highest BCUT2D eigenvalue weighted by Gasteiger charge is 2.43. The van der Waals surface area contributed by atoms with E-state index in [2.05, 4.69) is 5.43 Å². The van der Waals surface area contributed by atoms with Gasteiger partial charge in [0.15, 0.2) is 4.32 Å². The first-order chi connectivity index (χ1) is 17.9. The monoisotopic (exact) mass is 529 g/mol. The van der Waals surface area contributed by atoms with E-state index in [1.54, 1.807) is 24.3 Å². The van der Waals surface area contributed by atoms with Crippen molar-refractivity contribution in [2.45, 2.75) is 5.92 Å². The fourth-order valence-electron chi connectivity index (χ4n) is 4.37. The number of aliphatic carboxylic acids is 1. The van der Waals surface area contributed by atoms with E-state index in [0.717, 1.165) is 32.8 Å². The van der Waals surface area contributed by atoms with Gasteiger partial charge in [-0.15, -0.1) is 0 Å². The van der Waals surface area contributed by atoms with E-state index in [4.69, 9.17) is 12.2 Å². The first-order valence-electron chi connectivity index (χ1n) is 11.2. The molecule has 0 spiro atoms. The number of carbonyl (C=O) groups excluding carboxylic acids is 3. The van der Waals surface area contributed by atoms with Crippen molar-refractivity contribution in [1.82, 2.24) is 10.4 Å². The molecule has 3 aromatic rings. The zero-order chi connectivity index (χ0) is 26.1. The van der Waals surface area contributed by atoms with E-state index in [0.29, 0.717) is 11.3 Å². The lowest BCUT2D eigenvalue weighted by molar-refractivity contribution is -0.136. The number of thiocarbonyl (C=S) groups is 1. The van der Waals surface area contributed by atoms with Gasteiger partial charge in [0.1, 0.15) is 6.54 Å². The summed E-state index contributed by atoms with van der Waals surface area (Å²) < 4.78 is 0.0580. The number of nitrogens with zero attached hydrogens (tertiary/aromatic N) is 2. The van der Waals surface area contributed by atoms with Gasteiger partial charge >= 0.3 is 5.97 Å². The van der Waals surface area contributed by atoms with Gasteiger partial charge in [0.2, 0.25) is 0 Å². The summed E-state index contributed by atoms with van der Waals surface area (Å²) in [6, 6.07) is 25.0. The van der Waals surface area contributed by atoms with Crippen LogP contribution in [0.15, 0.2) is 89.8 Å². The second kappa shape index (κ2) is 10.00. The first kappa shape index (κ1) is 24.4. The third-order valence-electron chi connectivity index (χ3n) is 5.96. The molecule has 1 saturated heterocycles. The molecule has 0 aromatic heterocycles. The van der Waals surface area contributed by atoms with Crippen LogP contribution in [-0.4, -0.2) is 44.7 Å². The Bertz CT molecular complexity index is 1430. The maximum atomic E-state index is 13.5. The molecule has 10 heteroatoms. The average Bonchev–Trinajstić information content (AvgIpc) is 3.32. The predicted octanol–water partition coefficient (Wildman–Crippen LogP) is 3.55. The molecular formula is C27H19N3O5S2. The molecule has 0 atom stereocenters. The van der Waals surface area contributed by atoms with Crippen LogP contribution in [0.3, 0.4) is 0 Å². The van der Waals surface area contributed by atoms with Crippen molar-refractivity contribution < 1.29 is 24.3 Å². The number of hydrogen-bond donors (Lipinski definition) is 2. The minimum atomic E-state index is -1.18. The third-order valence-corrected chi connectivity index (χ3v) is 7.34. The Labute approximate surface area is 221 Å². The van der Waals surface area contributed by atoms with Crippen LogP contribution in [-0.2, 0) is 19.2 Å². The number of fused-ring (bicyclic) bond motifs is 1. The first-order valence-corrected chi connectivity index (χ1v) is 12.4. The van der Waals surface area contributed by atoms with Crippen LogP contribution in [0.4, 0.5) is 5.69 Å². The number of hydrogen-bond acceptors (Lipinski definition) is 6. The molecule has 3 amide bonds. The molecule has 2 aliphatic rings. The van der Waals surface area contributed by atoms with Gasteiger partial charge in [-0.2, -0.15) is 5.01 Å². The summed E-state index contributed by atoms with van der Waals surface area (Å²) in [5, 5.41) is 10.3. The number of nitrogens with one attached hydrogen (secondary N) is 1. The van der Waals surface area contributed by atoms with Crippen LogP contribution in [0.25, 0.3) is 5.57 Å². The number of carboxylic acid groups (broad SMARTS) is 1. The molecule has 5 rings (SSSR count). The number of hydrazine groups is 1. The van der Waals surface area contributed by atoms with Crippen LogP contribution in [0, 0.1) is 0 Å².